The van der Waals surface area contributed by atoms with Gasteiger partial charge in [0.2, 0.25) is 10.0 Å². The van der Waals surface area contributed by atoms with Crippen molar-refractivity contribution in [3.05, 3.63) is 59.7 Å². The van der Waals surface area contributed by atoms with E-state index < -0.39 is 34.0 Å². The van der Waals surface area contributed by atoms with E-state index in [-0.39, 0.29) is 18.0 Å². The van der Waals surface area contributed by atoms with E-state index in [0.29, 0.717) is 12.4 Å². The molecule has 0 aromatic heterocycles. The van der Waals surface area contributed by atoms with Gasteiger partial charge >= 0.3 is 6.03 Å². The number of carbonyl (C=O) groups excluding carboxylic acids is 2. The molecule has 0 bridgehead atoms. The Bertz CT molecular complexity index is 1120. The Labute approximate surface area is 199 Å². The Morgan fingerprint density at radius 2 is 1.74 bits per heavy atom. The number of urea groups is 1. The van der Waals surface area contributed by atoms with Crippen LogP contribution < -0.4 is 15.5 Å². The largest absolute Gasteiger partial charge is 0.489 e. The fraction of sp³-hybridized carbons (Fsp3) is 0.391. The first-order chi connectivity index (χ1) is 16.2. The molecule has 0 aliphatic carbocycles. The van der Waals surface area contributed by atoms with Crippen molar-refractivity contribution < 1.29 is 28.0 Å². The molecule has 2 aromatic carbocycles. The summed E-state index contributed by atoms with van der Waals surface area (Å²) < 4.78 is 33.6. The number of hydroxylamine groups is 1. The van der Waals surface area contributed by atoms with Gasteiger partial charge in [-0.25, -0.2) is 18.7 Å². The lowest BCUT2D eigenvalue weighted by molar-refractivity contribution is -0.136. The van der Waals surface area contributed by atoms with E-state index in [2.05, 4.69) is 12.2 Å². The molecule has 0 radical (unpaired) electrons. The summed E-state index contributed by atoms with van der Waals surface area (Å²) in [7, 11) is -2.65. The lowest BCUT2D eigenvalue weighted by Gasteiger charge is -2.43. The molecule has 3 amide bonds. The number of carbonyl (C=O) groups is 2. The van der Waals surface area contributed by atoms with Crippen LogP contribution in [-0.4, -0.2) is 67.0 Å². The van der Waals surface area contributed by atoms with Crippen molar-refractivity contribution in [3.8, 4) is 5.75 Å². The lowest BCUT2D eigenvalue weighted by Crippen LogP contribution is -2.66. The summed E-state index contributed by atoms with van der Waals surface area (Å²) >= 11 is 0. The van der Waals surface area contributed by atoms with Gasteiger partial charge in [0.1, 0.15) is 18.4 Å². The predicted octanol–water partition coefficient (Wildman–Crippen LogP) is 1.74. The average Bonchev–Trinajstić information content (AvgIpc) is 2.86. The lowest BCUT2D eigenvalue weighted by atomic mass is 10.1. The standard InChI is InChI=1S/C23H30N4O6S/c1-4-17-7-5-6-8-18(17)15-33-19-9-11-20(12-10-19)34(31,32)27-14-13-26(23(29)24-3)16(2)21(27)22(28)25-30/h5-12,16,21,30H,4,13-15H2,1-3H3,(H,24,29)(H,25,28)/t16?,21-/m1/s1. The van der Waals surface area contributed by atoms with Crippen molar-refractivity contribution in [2.24, 2.45) is 0 Å². The molecular formula is C23H30N4O6S. The van der Waals surface area contributed by atoms with Gasteiger partial charge in [-0.3, -0.25) is 10.0 Å². The van der Waals surface area contributed by atoms with Crippen molar-refractivity contribution in [1.29, 1.82) is 0 Å². The van der Waals surface area contributed by atoms with Crippen LogP contribution in [0.15, 0.2) is 53.4 Å². The first-order valence-corrected chi connectivity index (χ1v) is 12.4. The van der Waals surface area contributed by atoms with Gasteiger partial charge in [0.25, 0.3) is 5.91 Å². The van der Waals surface area contributed by atoms with Gasteiger partial charge in [-0.2, -0.15) is 4.31 Å². The molecule has 1 saturated heterocycles. The number of ether oxygens (including phenoxy) is 1. The van der Waals surface area contributed by atoms with Gasteiger partial charge in [0.15, 0.2) is 0 Å². The molecule has 0 saturated carbocycles. The number of amides is 3. The van der Waals surface area contributed by atoms with E-state index >= 15 is 0 Å². The average molecular weight is 491 g/mol. The number of hydrogen-bond donors (Lipinski definition) is 3. The molecule has 1 heterocycles. The third kappa shape index (κ3) is 5.16. The highest BCUT2D eigenvalue weighted by atomic mass is 32.2. The number of benzene rings is 2. The second-order valence-corrected chi connectivity index (χ2v) is 9.80. The highest BCUT2D eigenvalue weighted by Gasteiger charge is 2.45. The third-order valence-electron chi connectivity index (χ3n) is 6.00. The Kier molecular flexibility index (Phi) is 8.13. The zero-order chi connectivity index (χ0) is 24.9. The van der Waals surface area contributed by atoms with Crippen LogP contribution in [0.5, 0.6) is 5.75 Å². The Hall–Kier alpha value is -3.15. The topological polar surface area (TPSA) is 128 Å². The van der Waals surface area contributed by atoms with Crippen molar-refractivity contribution >= 4 is 22.0 Å². The first-order valence-electron chi connectivity index (χ1n) is 11.0. The van der Waals surface area contributed by atoms with Gasteiger partial charge in [0, 0.05) is 20.1 Å². The minimum Gasteiger partial charge on any atom is -0.489 e. The summed E-state index contributed by atoms with van der Waals surface area (Å²) in [4.78, 5) is 25.9. The highest BCUT2D eigenvalue weighted by Crippen LogP contribution is 2.27. The number of nitrogens with zero attached hydrogens (tertiary/aromatic N) is 2. The van der Waals surface area contributed by atoms with E-state index in [1.165, 1.54) is 35.1 Å². The third-order valence-corrected chi connectivity index (χ3v) is 7.89. The minimum absolute atomic E-state index is 0.0230. The molecule has 10 nitrogen and oxygen atoms in total. The molecule has 2 atom stereocenters. The zero-order valence-electron chi connectivity index (χ0n) is 19.4. The molecule has 1 unspecified atom stereocenters. The minimum atomic E-state index is -4.10. The van der Waals surface area contributed by atoms with Crippen LogP contribution >= 0.6 is 0 Å². The number of rotatable bonds is 7. The van der Waals surface area contributed by atoms with Crippen molar-refractivity contribution in [3.63, 3.8) is 0 Å². The second kappa shape index (κ2) is 10.9. The fourth-order valence-corrected chi connectivity index (χ4v) is 5.77. The number of nitrogens with one attached hydrogen (secondary N) is 2. The molecule has 3 rings (SSSR count). The Balaban J connectivity index is 1.80. The van der Waals surface area contributed by atoms with Gasteiger partial charge < -0.3 is 15.0 Å². The summed E-state index contributed by atoms with van der Waals surface area (Å²) in [6, 6.07) is 11.4. The first kappa shape index (κ1) is 25.5. The Morgan fingerprint density at radius 1 is 1.09 bits per heavy atom. The monoisotopic (exact) mass is 490 g/mol. The molecule has 1 aliphatic rings. The molecule has 3 N–H and O–H groups in total. The number of hydrogen-bond acceptors (Lipinski definition) is 6. The molecule has 2 aromatic rings. The maximum absolute atomic E-state index is 13.4. The quantitative estimate of drug-likeness (QED) is 0.401. The smallest absolute Gasteiger partial charge is 0.317 e. The van der Waals surface area contributed by atoms with Crippen molar-refractivity contribution in [1.82, 2.24) is 20.0 Å². The maximum Gasteiger partial charge on any atom is 0.317 e. The van der Waals surface area contributed by atoms with Crippen LogP contribution in [0.4, 0.5) is 4.79 Å². The SMILES string of the molecule is CCc1ccccc1COc1ccc(S(=O)(=O)N2CCN(C(=O)NC)C(C)[C@@H]2C(=O)NO)cc1. The number of aryl methyl sites for hydroxylation is 1. The highest BCUT2D eigenvalue weighted by molar-refractivity contribution is 7.89. The van der Waals surface area contributed by atoms with Gasteiger partial charge in [-0.15, -0.1) is 0 Å². The normalized spacial score (nSPS) is 18.9. The zero-order valence-corrected chi connectivity index (χ0v) is 20.2. The summed E-state index contributed by atoms with van der Waals surface area (Å²) in [5.74, 6) is -0.411. The number of sulfonamides is 1. The van der Waals surface area contributed by atoms with Crippen LogP contribution in [0, 0.1) is 0 Å². The second-order valence-electron chi connectivity index (χ2n) is 7.91. The molecular weight excluding hydrogens is 460 g/mol. The molecule has 1 fully saturated rings. The molecule has 0 spiro atoms. The van der Waals surface area contributed by atoms with Crippen LogP contribution in [0.1, 0.15) is 25.0 Å². The number of piperazine rings is 1. The molecule has 34 heavy (non-hydrogen) atoms. The van der Waals surface area contributed by atoms with E-state index in [1.54, 1.807) is 19.1 Å². The van der Waals surface area contributed by atoms with Crippen molar-refractivity contribution in [2.75, 3.05) is 20.1 Å². The van der Waals surface area contributed by atoms with Gasteiger partial charge in [-0.1, -0.05) is 31.2 Å². The van der Waals surface area contributed by atoms with E-state index in [1.807, 2.05) is 24.3 Å². The predicted molar refractivity (Wildman–Crippen MR) is 125 cm³/mol. The van der Waals surface area contributed by atoms with Crippen LogP contribution in [0.3, 0.4) is 0 Å². The fourth-order valence-electron chi connectivity index (χ4n) is 4.12. The summed E-state index contributed by atoms with van der Waals surface area (Å²) in [6.07, 6.45) is 0.880. The molecule has 184 valence electrons. The van der Waals surface area contributed by atoms with Crippen LogP contribution in [0.25, 0.3) is 0 Å². The summed E-state index contributed by atoms with van der Waals surface area (Å²) in [6.45, 7) is 3.96. The van der Waals surface area contributed by atoms with Crippen LogP contribution in [0.2, 0.25) is 0 Å². The molecule has 1 aliphatic heterocycles. The summed E-state index contributed by atoms with van der Waals surface area (Å²) in [5, 5.41) is 11.7. The Morgan fingerprint density at radius 3 is 2.32 bits per heavy atom. The van der Waals surface area contributed by atoms with Gasteiger partial charge in [-0.05, 0) is 48.7 Å². The summed E-state index contributed by atoms with van der Waals surface area (Å²) in [5.41, 5.74) is 3.76. The van der Waals surface area contributed by atoms with Crippen LogP contribution in [-0.2, 0) is 27.8 Å². The van der Waals surface area contributed by atoms with E-state index in [4.69, 9.17) is 4.74 Å². The van der Waals surface area contributed by atoms with Gasteiger partial charge in [0.05, 0.1) is 10.9 Å². The van der Waals surface area contributed by atoms with Crippen molar-refractivity contribution in [2.45, 2.75) is 43.9 Å². The maximum atomic E-state index is 13.4. The molecule has 11 heteroatoms. The van der Waals surface area contributed by atoms with E-state index in [9.17, 15) is 23.2 Å². The van der Waals surface area contributed by atoms with E-state index in [0.717, 1.165) is 16.3 Å².